The molecule has 1 saturated carbocycles. The molecule has 0 saturated heterocycles. The summed E-state index contributed by atoms with van der Waals surface area (Å²) in [6.07, 6.45) is 3.69. The van der Waals surface area contributed by atoms with E-state index in [-0.39, 0.29) is 6.42 Å². The molecule has 0 aliphatic heterocycles. The topological polar surface area (TPSA) is 74.6 Å². The molecule has 0 heterocycles. The van der Waals surface area contributed by atoms with Gasteiger partial charge in [-0.15, -0.1) is 0 Å². The van der Waals surface area contributed by atoms with E-state index in [0.29, 0.717) is 11.8 Å². The maximum absolute atomic E-state index is 11.4. The van der Waals surface area contributed by atoms with E-state index in [9.17, 15) is 14.7 Å². The summed E-state index contributed by atoms with van der Waals surface area (Å²) in [4.78, 5) is 22.4. The van der Waals surface area contributed by atoms with E-state index in [1.165, 1.54) is 0 Å². The van der Waals surface area contributed by atoms with Gasteiger partial charge in [-0.1, -0.05) is 33.6 Å². The second-order valence-corrected chi connectivity index (χ2v) is 6.09. The summed E-state index contributed by atoms with van der Waals surface area (Å²) in [5.74, 6) is -2.07. The van der Waals surface area contributed by atoms with Crippen molar-refractivity contribution in [1.29, 1.82) is 0 Å². The van der Waals surface area contributed by atoms with Gasteiger partial charge >= 0.3 is 11.9 Å². The summed E-state index contributed by atoms with van der Waals surface area (Å²) in [5.41, 5.74) is -0.392. The molecule has 4 heteroatoms. The first kappa shape index (κ1) is 15.0. The fourth-order valence-electron chi connectivity index (χ4n) is 3.69. The maximum atomic E-state index is 11.4. The quantitative estimate of drug-likeness (QED) is 0.793. The highest BCUT2D eigenvalue weighted by molar-refractivity contribution is 5.78. The molecule has 4 nitrogen and oxygen atoms in total. The molecule has 104 valence electrons. The first-order valence-corrected chi connectivity index (χ1v) is 6.73. The number of hydrogen-bond acceptors (Lipinski definition) is 2. The van der Waals surface area contributed by atoms with Crippen LogP contribution in [0.2, 0.25) is 0 Å². The predicted octanol–water partition coefficient (Wildman–Crippen LogP) is 3.01. The first-order chi connectivity index (χ1) is 8.29. The number of carboxylic acid groups (broad SMARTS) is 2. The second-order valence-electron chi connectivity index (χ2n) is 6.09. The normalized spacial score (nSPS) is 30.1. The Labute approximate surface area is 108 Å². The van der Waals surface area contributed by atoms with Gasteiger partial charge in [0.25, 0.3) is 0 Å². The number of carboxylic acids is 2. The molecule has 2 N–H and O–H groups in total. The van der Waals surface area contributed by atoms with E-state index in [4.69, 9.17) is 5.11 Å². The molecule has 0 aromatic heterocycles. The summed E-state index contributed by atoms with van der Waals surface area (Å²) in [7, 11) is 0. The Kier molecular flexibility index (Phi) is 4.77. The van der Waals surface area contributed by atoms with Crippen LogP contribution in [0.3, 0.4) is 0 Å². The summed E-state index contributed by atoms with van der Waals surface area (Å²) >= 11 is 0. The van der Waals surface area contributed by atoms with Gasteiger partial charge in [-0.3, -0.25) is 9.59 Å². The molecule has 1 aliphatic carbocycles. The lowest BCUT2D eigenvalue weighted by molar-refractivity contribution is -0.157. The van der Waals surface area contributed by atoms with Crippen LogP contribution in [0.25, 0.3) is 0 Å². The van der Waals surface area contributed by atoms with Crippen molar-refractivity contribution in [2.75, 3.05) is 0 Å². The molecule has 1 rings (SSSR count). The van der Waals surface area contributed by atoms with E-state index in [0.717, 1.165) is 25.7 Å². The Balaban J connectivity index is 3.03. The molecule has 0 amide bonds. The third-order valence-corrected chi connectivity index (χ3v) is 4.61. The van der Waals surface area contributed by atoms with E-state index < -0.39 is 23.3 Å². The van der Waals surface area contributed by atoms with Crippen molar-refractivity contribution in [3.63, 3.8) is 0 Å². The number of rotatable bonds is 5. The van der Waals surface area contributed by atoms with Gasteiger partial charge in [-0.2, -0.15) is 0 Å². The van der Waals surface area contributed by atoms with Crippen LogP contribution in [-0.4, -0.2) is 22.2 Å². The molecule has 3 atom stereocenters. The van der Waals surface area contributed by atoms with Gasteiger partial charge in [0.15, 0.2) is 0 Å². The lowest BCUT2D eigenvalue weighted by Crippen LogP contribution is -2.44. The predicted molar refractivity (Wildman–Crippen MR) is 68.3 cm³/mol. The fraction of sp³-hybridized carbons (Fsp3) is 0.857. The van der Waals surface area contributed by atoms with E-state index in [1.807, 2.05) is 6.92 Å². The van der Waals surface area contributed by atoms with Crippen LogP contribution >= 0.6 is 0 Å². The Hall–Kier alpha value is -1.06. The van der Waals surface area contributed by atoms with Crippen LogP contribution < -0.4 is 0 Å². The largest absolute Gasteiger partial charge is 0.481 e. The van der Waals surface area contributed by atoms with Crippen molar-refractivity contribution in [3.8, 4) is 0 Å². The lowest BCUT2D eigenvalue weighted by Gasteiger charge is -2.47. The van der Waals surface area contributed by atoms with Crippen molar-refractivity contribution >= 4 is 11.9 Å². The Morgan fingerprint density at radius 1 is 1.28 bits per heavy atom. The van der Waals surface area contributed by atoms with Crippen molar-refractivity contribution in [1.82, 2.24) is 0 Å². The summed E-state index contributed by atoms with van der Waals surface area (Å²) < 4.78 is 0. The van der Waals surface area contributed by atoms with Gasteiger partial charge in [0.1, 0.15) is 0 Å². The summed E-state index contributed by atoms with van der Waals surface area (Å²) in [6.45, 7) is 6.18. The van der Waals surface area contributed by atoms with Crippen molar-refractivity contribution in [2.24, 2.45) is 23.2 Å². The van der Waals surface area contributed by atoms with E-state index in [2.05, 4.69) is 13.8 Å². The summed E-state index contributed by atoms with van der Waals surface area (Å²) in [5, 5.41) is 18.3. The van der Waals surface area contributed by atoms with Crippen LogP contribution in [-0.2, 0) is 9.59 Å². The monoisotopic (exact) mass is 256 g/mol. The third kappa shape index (κ3) is 3.03. The zero-order chi connectivity index (χ0) is 13.9. The van der Waals surface area contributed by atoms with Crippen LogP contribution in [0.4, 0.5) is 0 Å². The molecule has 0 bridgehead atoms. The van der Waals surface area contributed by atoms with Crippen molar-refractivity contribution in [3.05, 3.63) is 0 Å². The zero-order valence-electron chi connectivity index (χ0n) is 11.5. The molecule has 0 aromatic rings. The second kappa shape index (κ2) is 5.72. The zero-order valence-corrected chi connectivity index (χ0v) is 11.5. The summed E-state index contributed by atoms with van der Waals surface area (Å²) in [6, 6.07) is 0. The molecule has 1 fully saturated rings. The number of carbonyl (C=O) groups is 2. The minimum Gasteiger partial charge on any atom is -0.481 e. The molecule has 1 aliphatic rings. The average molecular weight is 256 g/mol. The highest BCUT2D eigenvalue weighted by Crippen LogP contribution is 2.50. The molecule has 18 heavy (non-hydrogen) atoms. The number of aliphatic carboxylic acids is 2. The Morgan fingerprint density at radius 3 is 2.33 bits per heavy atom. The molecular weight excluding hydrogens is 232 g/mol. The average Bonchev–Trinajstić information content (AvgIpc) is 2.25. The molecular formula is C14H24O4. The highest BCUT2D eigenvalue weighted by atomic mass is 16.4. The van der Waals surface area contributed by atoms with Gasteiger partial charge in [-0.25, -0.2) is 0 Å². The number of hydrogen-bond donors (Lipinski definition) is 2. The van der Waals surface area contributed by atoms with Crippen LogP contribution in [0.15, 0.2) is 0 Å². The van der Waals surface area contributed by atoms with Gasteiger partial charge in [0, 0.05) is 0 Å². The van der Waals surface area contributed by atoms with Gasteiger partial charge in [-0.05, 0) is 30.1 Å². The maximum Gasteiger partial charge on any atom is 0.307 e. The Bertz CT molecular complexity index is 324. The first-order valence-electron chi connectivity index (χ1n) is 6.73. The SMILES string of the molecule is CC(C)C1CCCCC1(C)C(CC(=O)O)C(=O)O. The van der Waals surface area contributed by atoms with Gasteiger partial charge in [0.05, 0.1) is 12.3 Å². The van der Waals surface area contributed by atoms with Crippen LogP contribution in [0.5, 0.6) is 0 Å². The van der Waals surface area contributed by atoms with E-state index in [1.54, 1.807) is 0 Å². The van der Waals surface area contributed by atoms with Gasteiger partial charge < -0.3 is 10.2 Å². The van der Waals surface area contributed by atoms with Crippen LogP contribution in [0, 0.1) is 23.2 Å². The minimum atomic E-state index is -1.02. The van der Waals surface area contributed by atoms with Crippen molar-refractivity contribution in [2.45, 2.75) is 52.9 Å². The fourth-order valence-corrected chi connectivity index (χ4v) is 3.69. The van der Waals surface area contributed by atoms with Crippen molar-refractivity contribution < 1.29 is 19.8 Å². The lowest BCUT2D eigenvalue weighted by atomic mass is 9.57. The third-order valence-electron chi connectivity index (χ3n) is 4.61. The Morgan fingerprint density at radius 2 is 1.89 bits per heavy atom. The van der Waals surface area contributed by atoms with E-state index >= 15 is 0 Å². The van der Waals surface area contributed by atoms with Gasteiger partial charge in [0.2, 0.25) is 0 Å². The smallest absolute Gasteiger partial charge is 0.307 e. The molecule has 0 radical (unpaired) electrons. The molecule has 0 aromatic carbocycles. The highest BCUT2D eigenvalue weighted by Gasteiger charge is 2.47. The molecule has 0 spiro atoms. The molecule has 3 unspecified atom stereocenters. The van der Waals surface area contributed by atoms with Crippen LogP contribution in [0.1, 0.15) is 52.9 Å². The minimum absolute atomic E-state index is 0.269. The standard InChI is InChI=1S/C14H24O4/c1-9(2)10-6-4-5-7-14(10,3)11(13(17)18)8-12(15)16/h9-11H,4-8H2,1-3H3,(H,15,16)(H,17,18).